The van der Waals surface area contributed by atoms with E-state index in [-0.39, 0.29) is 16.8 Å². The Morgan fingerprint density at radius 2 is 1.77 bits per heavy atom. The van der Waals surface area contributed by atoms with Crippen LogP contribution in [-0.4, -0.2) is 45.9 Å². The number of ether oxygens (including phenoxy) is 2. The zero-order valence-corrected chi connectivity index (χ0v) is 18.4. The molecule has 0 saturated carbocycles. The number of nitrogens with zero attached hydrogens (tertiary/aromatic N) is 1. The Kier molecular flexibility index (Phi) is 6.99. The average Bonchev–Trinajstić information content (AvgIpc) is 3.33. The van der Waals surface area contributed by atoms with E-state index in [1.54, 1.807) is 32.4 Å². The normalized spacial score (nSPS) is 15.6. The smallest absolute Gasteiger partial charge is 0.251 e. The van der Waals surface area contributed by atoms with E-state index in [4.69, 9.17) is 9.47 Å². The zero-order chi connectivity index (χ0) is 21.7. The van der Waals surface area contributed by atoms with Gasteiger partial charge in [-0.3, -0.25) is 4.79 Å². The number of sulfonamides is 1. The molecule has 1 aliphatic heterocycles. The standard InChI is InChI=1S/C22H28N2O5S/c1-4-19(16-10-11-20(28-2)21(15-16)29-3)23-22(25)17-8-7-9-18(14-17)30(26,27)24-12-5-6-13-24/h7-11,14-15,19H,4-6,12-13H2,1-3H3,(H,23,25). The molecule has 0 aliphatic carbocycles. The predicted octanol–water partition coefficient (Wildman–Crippen LogP) is 3.37. The lowest BCUT2D eigenvalue weighted by Crippen LogP contribution is -2.30. The summed E-state index contributed by atoms with van der Waals surface area (Å²) in [6.45, 7) is 3.02. The minimum Gasteiger partial charge on any atom is -0.493 e. The number of hydrogen-bond donors (Lipinski definition) is 1. The predicted molar refractivity (Wildman–Crippen MR) is 114 cm³/mol. The van der Waals surface area contributed by atoms with E-state index in [2.05, 4.69) is 5.32 Å². The van der Waals surface area contributed by atoms with Crippen LogP contribution in [0.1, 0.15) is 48.1 Å². The molecule has 1 saturated heterocycles. The molecule has 1 N–H and O–H groups in total. The Bertz CT molecular complexity index is 1000. The van der Waals surface area contributed by atoms with Gasteiger partial charge in [-0.25, -0.2) is 8.42 Å². The molecule has 0 spiro atoms. The molecule has 3 rings (SSSR count). The molecule has 1 fully saturated rings. The molecule has 1 aliphatic rings. The van der Waals surface area contributed by atoms with Crippen LogP contribution in [0.3, 0.4) is 0 Å². The maximum Gasteiger partial charge on any atom is 0.251 e. The highest BCUT2D eigenvalue weighted by Crippen LogP contribution is 2.31. The molecule has 1 amide bonds. The van der Waals surface area contributed by atoms with Crippen LogP contribution in [0.25, 0.3) is 0 Å². The molecule has 2 aromatic carbocycles. The molecule has 1 heterocycles. The Labute approximate surface area is 178 Å². The molecule has 30 heavy (non-hydrogen) atoms. The van der Waals surface area contributed by atoms with E-state index in [1.807, 2.05) is 19.1 Å². The van der Waals surface area contributed by atoms with Crippen LogP contribution in [-0.2, 0) is 10.0 Å². The highest BCUT2D eigenvalue weighted by atomic mass is 32.2. The number of hydrogen-bond acceptors (Lipinski definition) is 5. The Balaban J connectivity index is 1.81. The molecule has 0 bridgehead atoms. The number of rotatable bonds is 8. The second kappa shape index (κ2) is 9.49. The molecule has 1 unspecified atom stereocenters. The van der Waals surface area contributed by atoms with Gasteiger partial charge < -0.3 is 14.8 Å². The van der Waals surface area contributed by atoms with Crippen molar-refractivity contribution >= 4 is 15.9 Å². The van der Waals surface area contributed by atoms with Crippen molar-refractivity contribution in [3.63, 3.8) is 0 Å². The third-order valence-electron chi connectivity index (χ3n) is 5.32. The third kappa shape index (κ3) is 4.60. The van der Waals surface area contributed by atoms with Gasteiger partial charge in [-0.15, -0.1) is 0 Å². The largest absolute Gasteiger partial charge is 0.493 e. The van der Waals surface area contributed by atoms with Crippen molar-refractivity contribution in [1.82, 2.24) is 9.62 Å². The number of benzene rings is 2. The van der Waals surface area contributed by atoms with E-state index in [9.17, 15) is 13.2 Å². The zero-order valence-electron chi connectivity index (χ0n) is 17.6. The van der Waals surface area contributed by atoms with E-state index in [1.165, 1.54) is 16.4 Å². The lowest BCUT2D eigenvalue weighted by Gasteiger charge is -2.20. The van der Waals surface area contributed by atoms with Crippen molar-refractivity contribution in [2.45, 2.75) is 37.1 Å². The van der Waals surface area contributed by atoms with Gasteiger partial charge in [0.2, 0.25) is 10.0 Å². The van der Waals surface area contributed by atoms with Crippen molar-refractivity contribution in [3.8, 4) is 11.5 Å². The first-order valence-corrected chi connectivity index (χ1v) is 11.5. The summed E-state index contributed by atoms with van der Waals surface area (Å²) < 4.78 is 37.7. The lowest BCUT2D eigenvalue weighted by molar-refractivity contribution is 0.0935. The van der Waals surface area contributed by atoms with E-state index >= 15 is 0 Å². The topological polar surface area (TPSA) is 84.9 Å². The molecule has 0 aromatic heterocycles. The minimum absolute atomic E-state index is 0.149. The molecule has 7 nitrogen and oxygen atoms in total. The average molecular weight is 433 g/mol. The van der Waals surface area contributed by atoms with Crippen LogP contribution in [0.4, 0.5) is 0 Å². The maximum absolute atomic E-state index is 12.9. The van der Waals surface area contributed by atoms with E-state index < -0.39 is 10.0 Å². The van der Waals surface area contributed by atoms with Gasteiger partial charge in [-0.05, 0) is 55.2 Å². The molecule has 1 atom stereocenters. The summed E-state index contributed by atoms with van der Waals surface area (Å²) in [7, 11) is -0.443. The first kappa shape index (κ1) is 22.1. The summed E-state index contributed by atoms with van der Waals surface area (Å²) in [5, 5.41) is 2.99. The number of carbonyl (C=O) groups is 1. The van der Waals surface area contributed by atoms with Crippen molar-refractivity contribution in [3.05, 3.63) is 53.6 Å². The Hall–Kier alpha value is -2.58. The fourth-order valence-corrected chi connectivity index (χ4v) is 5.17. The highest BCUT2D eigenvalue weighted by molar-refractivity contribution is 7.89. The summed E-state index contributed by atoms with van der Waals surface area (Å²) in [5.41, 5.74) is 1.19. The van der Waals surface area contributed by atoms with Gasteiger partial charge in [0.25, 0.3) is 5.91 Å². The van der Waals surface area contributed by atoms with Gasteiger partial charge in [0.15, 0.2) is 11.5 Å². The fourth-order valence-electron chi connectivity index (χ4n) is 3.61. The quantitative estimate of drug-likeness (QED) is 0.691. The molecular formula is C22H28N2O5S. The summed E-state index contributed by atoms with van der Waals surface area (Å²) >= 11 is 0. The second-order valence-electron chi connectivity index (χ2n) is 7.19. The van der Waals surface area contributed by atoms with Crippen LogP contribution >= 0.6 is 0 Å². The summed E-state index contributed by atoms with van der Waals surface area (Å²) in [5.74, 6) is 0.874. The number of carbonyl (C=O) groups excluding carboxylic acids is 1. The van der Waals surface area contributed by atoms with Gasteiger partial charge in [0, 0.05) is 18.7 Å². The summed E-state index contributed by atoms with van der Waals surface area (Å²) in [6.07, 6.45) is 2.39. The van der Waals surface area contributed by atoms with Gasteiger partial charge in [0.1, 0.15) is 0 Å². The fraction of sp³-hybridized carbons (Fsp3) is 0.409. The second-order valence-corrected chi connectivity index (χ2v) is 9.13. The van der Waals surface area contributed by atoms with Gasteiger partial charge in [0.05, 0.1) is 25.2 Å². The number of amides is 1. The van der Waals surface area contributed by atoms with Gasteiger partial charge >= 0.3 is 0 Å². The van der Waals surface area contributed by atoms with Crippen LogP contribution in [0.2, 0.25) is 0 Å². The van der Waals surface area contributed by atoms with Gasteiger partial charge in [-0.2, -0.15) is 4.31 Å². The van der Waals surface area contributed by atoms with Crippen LogP contribution in [0, 0.1) is 0 Å². The first-order valence-electron chi connectivity index (χ1n) is 10.0. The lowest BCUT2D eigenvalue weighted by atomic mass is 10.0. The highest BCUT2D eigenvalue weighted by Gasteiger charge is 2.28. The Morgan fingerprint density at radius 3 is 2.40 bits per heavy atom. The number of methoxy groups -OCH3 is 2. The maximum atomic E-state index is 12.9. The van der Waals surface area contributed by atoms with Crippen molar-refractivity contribution in [2.24, 2.45) is 0 Å². The molecular weight excluding hydrogens is 404 g/mol. The SMILES string of the molecule is CCC(NC(=O)c1cccc(S(=O)(=O)N2CCCC2)c1)c1ccc(OC)c(OC)c1. The summed E-state index contributed by atoms with van der Waals surface area (Å²) in [4.78, 5) is 13.0. The van der Waals surface area contributed by atoms with Gasteiger partial charge in [-0.1, -0.05) is 19.1 Å². The molecule has 162 valence electrons. The monoisotopic (exact) mass is 432 g/mol. The van der Waals surface area contributed by atoms with Crippen molar-refractivity contribution < 1.29 is 22.7 Å². The van der Waals surface area contributed by atoms with Crippen molar-refractivity contribution in [1.29, 1.82) is 0 Å². The minimum atomic E-state index is -3.57. The molecule has 2 aromatic rings. The molecule has 8 heteroatoms. The van der Waals surface area contributed by atoms with Crippen LogP contribution < -0.4 is 14.8 Å². The Morgan fingerprint density at radius 1 is 1.07 bits per heavy atom. The van der Waals surface area contributed by atoms with Crippen LogP contribution in [0.5, 0.6) is 11.5 Å². The van der Waals surface area contributed by atoms with E-state index in [0.717, 1.165) is 18.4 Å². The molecule has 0 radical (unpaired) electrons. The third-order valence-corrected chi connectivity index (χ3v) is 7.22. The number of nitrogens with one attached hydrogen (secondary N) is 1. The van der Waals surface area contributed by atoms with E-state index in [0.29, 0.717) is 36.6 Å². The summed E-state index contributed by atoms with van der Waals surface area (Å²) in [6, 6.07) is 11.5. The first-order chi connectivity index (χ1) is 14.4. The van der Waals surface area contributed by atoms with Crippen molar-refractivity contribution in [2.75, 3.05) is 27.3 Å². The van der Waals surface area contributed by atoms with Crippen LogP contribution in [0.15, 0.2) is 47.4 Å².